The molecule has 0 radical (unpaired) electrons. The molecule has 0 saturated carbocycles. The number of benzene rings is 1. The number of rotatable bonds is 5. The summed E-state index contributed by atoms with van der Waals surface area (Å²) < 4.78 is 19.4. The maximum Gasteiger partial charge on any atom is 0.407 e. The van der Waals surface area contributed by atoms with Crippen molar-refractivity contribution in [1.29, 1.82) is 0 Å². The van der Waals surface area contributed by atoms with E-state index in [1.807, 2.05) is 30.3 Å². The van der Waals surface area contributed by atoms with E-state index in [9.17, 15) is 14.0 Å². The van der Waals surface area contributed by atoms with Gasteiger partial charge in [-0.1, -0.05) is 30.3 Å². The fraction of sp³-hybridized carbons (Fsp3) is 0.167. The predicted octanol–water partition coefficient (Wildman–Crippen LogP) is 2.30. The molecule has 0 atom stereocenters. The number of hydrogen-bond acceptors (Lipinski definition) is 4. The summed E-state index contributed by atoms with van der Waals surface area (Å²) in [6.07, 6.45) is 0.917. The van der Waals surface area contributed by atoms with E-state index in [4.69, 9.17) is 4.74 Å². The normalized spacial score (nSPS) is 10.6. The van der Waals surface area contributed by atoms with Crippen molar-refractivity contribution in [3.05, 3.63) is 82.2 Å². The van der Waals surface area contributed by atoms with Gasteiger partial charge in [-0.2, -0.15) is 0 Å². The molecular weight excluding hydrogens is 325 g/mol. The highest BCUT2D eigenvalue weighted by atomic mass is 19.1. The van der Waals surface area contributed by atoms with Gasteiger partial charge in [0.2, 0.25) is 0 Å². The Kier molecular flexibility index (Phi) is 5.03. The summed E-state index contributed by atoms with van der Waals surface area (Å²) in [6.45, 7) is 0.464. The highest BCUT2D eigenvalue weighted by Crippen LogP contribution is 2.03. The van der Waals surface area contributed by atoms with Crippen molar-refractivity contribution in [3.63, 3.8) is 0 Å². The first-order valence-electron chi connectivity index (χ1n) is 7.74. The highest BCUT2D eigenvalue weighted by molar-refractivity contribution is 5.67. The summed E-state index contributed by atoms with van der Waals surface area (Å²) in [4.78, 5) is 27.9. The van der Waals surface area contributed by atoms with Crippen LogP contribution in [0, 0.1) is 5.82 Å². The van der Waals surface area contributed by atoms with Crippen LogP contribution in [0.2, 0.25) is 0 Å². The Morgan fingerprint density at radius 3 is 2.80 bits per heavy atom. The van der Waals surface area contributed by atoms with E-state index in [-0.39, 0.29) is 18.7 Å². The molecule has 7 heteroatoms. The average Bonchev–Trinajstić information content (AvgIpc) is 2.61. The third kappa shape index (κ3) is 4.41. The van der Waals surface area contributed by atoms with Crippen molar-refractivity contribution in [2.24, 2.45) is 0 Å². The van der Waals surface area contributed by atoms with Crippen LogP contribution < -0.4 is 10.9 Å². The predicted molar refractivity (Wildman–Crippen MR) is 89.8 cm³/mol. The largest absolute Gasteiger partial charge is 0.445 e. The number of amides is 1. The standard InChI is InChI=1S/C18H16FN3O3/c19-14-6-7-16-21-15(10-17(23)22(16)11-14)8-9-20-18(24)25-12-13-4-2-1-3-5-13/h1-7,10-11H,8-9,12H2,(H,20,24). The maximum absolute atomic E-state index is 13.2. The average molecular weight is 341 g/mol. The van der Waals surface area contributed by atoms with Crippen LogP contribution in [0.25, 0.3) is 5.65 Å². The number of carbonyl (C=O) groups excluding carboxylic acids is 1. The summed E-state index contributed by atoms with van der Waals surface area (Å²) in [6, 6.07) is 13.3. The molecule has 3 rings (SSSR count). The molecule has 0 aliphatic rings. The first-order chi connectivity index (χ1) is 12.1. The van der Waals surface area contributed by atoms with Crippen molar-refractivity contribution >= 4 is 11.7 Å². The second kappa shape index (κ2) is 7.57. The third-order valence-electron chi connectivity index (χ3n) is 3.54. The third-order valence-corrected chi connectivity index (χ3v) is 3.54. The Balaban J connectivity index is 1.53. The van der Waals surface area contributed by atoms with Crippen LogP contribution in [0.4, 0.5) is 9.18 Å². The minimum absolute atomic E-state index is 0.188. The summed E-state index contributed by atoms with van der Waals surface area (Å²) in [7, 11) is 0. The number of ether oxygens (including phenoxy) is 1. The number of nitrogens with zero attached hydrogens (tertiary/aromatic N) is 2. The van der Waals surface area contributed by atoms with Crippen LogP contribution in [0.15, 0.2) is 59.5 Å². The summed E-state index contributed by atoms with van der Waals surface area (Å²) >= 11 is 0. The van der Waals surface area contributed by atoms with Gasteiger partial charge in [-0.05, 0) is 17.7 Å². The lowest BCUT2D eigenvalue weighted by atomic mass is 10.2. The van der Waals surface area contributed by atoms with Gasteiger partial charge in [0.25, 0.3) is 5.56 Å². The number of hydrogen-bond donors (Lipinski definition) is 1. The van der Waals surface area contributed by atoms with Gasteiger partial charge < -0.3 is 10.1 Å². The zero-order valence-corrected chi connectivity index (χ0v) is 13.3. The Bertz CT molecular complexity index is 941. The van der Waals surface area contributed by atoms with E-state index < -0.39 is 11.9 Å². The molecule has 1 amide bonds. The highest BCUT2D eigenvalue weighted by Gasteiger charge is 2.06. The Labute approximate surface area is 142 Å². The summed E-state index contributed by atoms with van der Waals surface area (Å²) in [5.41, 5.74) is 1.40. The van der Waals surface area contributed by atoms with E-state index in [2.05, 4.69) is 10.3 Å². The van der Waals surface area contributed by atoms with Crippen molar-refractivity contribution in [1.82, 2.24) is 14.7 Å². The first kappa shape index (κ1) is 16.6. The van der Waals surface area contributed by atoms with Gasteiger partial charge in [-0.25, -0.2) is 14.2 Å². The van der Waals surface area contributed by atoms with Crippen LogP contribution in [0.3, 0.4) is 0 Å². The molecule has 0 saturated heterocycles. The van der Waals surface area contributed by atoms with E-state index in [1.54, 1.807) is 0 Å². The van der Waals surface area contributed by atoms with Gasteiger partial charge in [0.1, 0.15) is 18.1 Å². The zero-order chi connectivity index (χ0) is 17.6. The number of carbonyl (C=O) groups is 1. The Hall–Kier alpha value is -3.22. The lowest BCUT2D eigenvalue weighted by molar-refractivity contribution is 0.140. The van der Waals surface area contributed by atoms with Crippen LogP contribution >= 0.6 is 0 Å². The van der Waals surface area contributed by atoms with E-state index in [0.717, 1.165) is 16.2 Å². The molecule has 1 N–H and O–H groups in total. The van der Waals surface area contributed by atoms with E-state index in [0.29, 0.717) is 17.8 Å². The second-order valence-corrected chi connectivity index (χ2v) is 5.40. The lowest BCUT2D eigenvalue weighted by Gasteiger charge is -2.07. The second-order valence-electron chi connectivity index (χ2n) is 5.40. The number of aromatic nitrogens is 2. The molecule has 0 bridgehead atoms. The Morgan fingerprint density at radius 2 is 2.00 bits per heavy atom. The quantitative estimate of drug-likeness (QED) is 0.773. The molecule has 25 heavy (non-hydrogen) atoms. The zero-order valence-electron chi connectivity index (χ0n) is 13.3. The maximum atomic E-state index is 13.2. The molecular formula is C18H16FN3O3. The molecule has 2 heterocycles. The molecule has 0 fully saturated rings. The smallest absolute Gasteiger partial charge is 0.407 e. The number of alkyl carbamates (subject to hydrolysis) is 1. The minimum Gasteiger partial charge on any atom is -0.445 e. The van der Waals surface area contributed by atoms with Gasteiger partial charge >= 0.3 is 6.09 Å². The van der Waals surface area contributed by atoms with Crippen molar-refractivity contribution in [3.8, 4) is 0 Å². The number of halogens is 1. The fourth-order valence-corrected chi connectivity index (χ4v) is 2.32. The molecule has 1 aromatic carbocycles. The molecule has 128 valence electrons. The van der Waals surface area contributed by atoms with Gasteiger partial charge in [0, 0.05) is 25.2 Å². The van der Waals surface area contributed by atoms with E-state index in [1.165, 1.54) is 18.2 Å². The molecule has 3 aromatic rings. The minimum atomic E-state index is -0.538. The Morgan fingerprint density at radius 1 is 1.20 bits per heavy atom. The fourth-order valence-electron chi connectivity index (χ4n) is 2.32. The monoisotopic (exact) mass is 341 g/mol. The van der Waals surface area contributed by atoms with Crippen molar-refractivity contribution in [2.75, 3.05) is 6.54 Å². The lowest BCUT2D eigenvalue weighted by Crippen LogP contribution is -2.27. The van der Waals surface area contributed by atoms with Crippen molar-refractivity contribution < 1.29 is 13.9 Å². The number of nitrogens with one attached hydrogen (secondary N) is 1. The molecule has 0 spiro atoms. The molecule has 0 aliphatic carbocycles. The molecule has 6 nitrogen and oxygen atoms in total. The van der Waals surface area contributed by atoms with Gasteiger partial charge in [-0.3, -0.25) is 9.20 Å². The SMILES string of the molecule is O=C(NCCc1cc(=O)n2cc(F)ccc2n1)OCc1ccccc1. The van der Waals surface area contributed by atoms with E-state index >= 15 is 0 Å². The number of pyridine rings is 1. The van der Waals surface area contributed by atoms with Gasteiger partial charge in [-0.15, -0.1) is 0 Å². The summed E-state index contributed by atoms with van der Waals surface area (Å²) in [5.74, 6) is -0.507. The van der Waals surface area contributed by atoms with Crippen molar-refractivity contribution in [2.45, 2.75) is 13.0 Å². The molecule has 2 aromatic heterocycles. The number of fused-ring (bicyclic) bond motifs is 1. The summed E-state index contributed by atoms with van der Waals surface area (Å²) in [5, 5.41) is 2.61. The van der Waals surface area contributed by atoms with Crippen LogP contribution in [-0.4, -0.2) is 22.0 Å². The van der Waals surface area contributed by atoms with Gasteiger partial charge in [0.05, 0.1) is 5.69 Å². The van der Waals surface area contributed by atoms with Gasteiger partial charge in [0.15, 0.2) is 0 Å². The van der Waals surface area contributed by atoms with Crippen LogP contribution in [0.1, 0.15) is 11.3 Å². The molecule has 0 aliphatic heterocycles. The topological polar surface area (TPSA) is 72.7 Å². The van der Waals surface area contributed by atoms with Crippen LogP contribution in [0.5, 0.6) is 0 Å². The van der Waals surface area contributed by atoms with Crippen LogP contribution in [-0.2, 0) is 17.8 Å². The molecule has 0 unspecified atom stereocenters. The first-order valence-corrected chi connectivity index (χ1v) is 7.74.